The van der Waals surface area contributed by atoms with E-state index in [1.807, 2.05) is 12.1 Å². The van der Waals surface area contributed by atoms with Crippen LogP contribution in [0.4, 0.5) is 13.2 Å². The predicted octanol–water partition coefficient (Wildman–Crippen LogP) is 3.91. The van der Waals surface area contributed by atoms with Crippen molar-refractivity contribution in [2.24, 2.45) is 0 Å². The van der Waals surface area contributed by atoms with Gasteiger partial charge in [0, 0.05) is 18.3 Å². The number of nitrogens with one attached hydrogen (secondary N) is 1. The number of methoxy groups -OCH3 is 1. The minimum Gasteiger partial charge on any atom is -0.480 e. The second-order valence-electron chi connectivity index (χ2n) is 10.0. The molecule has 13 heteroatoms. The van der Waals surface area contributed by atoms with Crippen LogP contribution in [0.25, 0.3) is 22.4 Å². The van der Waals surface area contributed by atoms with E-state index in [1.54, 1.807) is 43.2 Å². The highest BCUT2D eigenvalue weighted by atomic mass is 19.4. The van der Waals surface area contributed by atoms with E-state index in [2.05, 4.69) is 25.4 Å². The monoisotopic (exact) mass is 552 g/mol. The molecule has 2 N–H and O–H groups in total. The van der Waals surface area contributed by atoms with Gasteiger partial charge in [0.1, 0.15) is 23.8 Å². The van der Waals surface area contributed by atoms with Crippen LogP contribution in [-0.2, 0) is 6.54 Å². The molecule has 0 bridgehead atoms. The molecule has 2 unspecified atom stereocenters. The summed E-state index contributed by atoms with van der Waals surface area (Å²) in [5, 5.41) is 17.4. The Morgan fingerprint density at radius 2 is 1.90 bits per heavy atom. The third-order valence-corrected chi connectivity index (χ3v) is 7.17. The van der Waals surface area contributed by atoms with E-state index in [0.29, 0.717) is 40.9 Å². The Morgan fingerprint density at radius 1 is 1.12 bits per heavy atom. The fourth-order valence-corrected chi connectivity index (χ4v) is 4.86. The van der Waals surface area contributed by atoms with Crippen molar-refractivity contribution < 1.29 is 23.0 Å². The number of rotatable bonds is 8. The van der Waals surface area contributed by atoms with Crippen molar-refractivity contribution in [3.8, 4) is 17.3 Å². The third kappa shape index (κ3) is 4.81. The number of allylic oxidation sites excluding steroid dienone is 1. The second-order valence-corrected chi connectivity index (χ2v) is 10.0. The minimum absolute atomic E-state index is 0.281. The number of aliphatic hydroxyl groups excluding tert-OH is 1. The highest BCUT2D eigenvalue weighted by molar-refractivity contribution is 5.77. The van der Waals surface area contributed by atoms with E-state index in [-0.39, 0.29) is 6.61 Å². The smallest absolute Gasteiger partial charge is 0.432 e. The molecule has 1 saturated carbocycles. The Kier molecular flexibility index (Phi) is 6.53. The number of hydrogen-bond acceptors (Lipinski definition) is 9. The number of benzene rings is 1. The molecule has 10 nitrogen and oxygen atoms in total. The molecule has 1 aliphatic carbocycles. The first-order valence-corrected chi connectivity index (χ1v) is 12.9. The van der Waals surface area contributed by atoms with Gasteiger partial charge in [-0.3, -0.25) is 0 Å². The van der Waals surface area contributed by atoms with Gasteiger partial charge in [0.2, 0.25) is 5.88 Å². The molecule has 1 fully saturated rings. The number of halogens is 3. The lowest BCUT2D eigenvalue weighted by Crippen LogP contribution is -2.36. The van der Waals surface area contributed by atoms with Crippen molar-refractivity contribution in [3.63, 3.8) is 0 Å². The van der Waals surface area contributed by atoms with E-state index in [1.165, 1.54) is 11.2 Å². The van der Waals surface area contributed by atoms with Crippen molar-refractivity contribution in [3.05, 3.63) is 71.7 Å². The van der Waals surface area contributed by atoms with Gasteiger partial charge in [0.05, 0.1) is 43.6 Å². The maximum absolute atomic E-state index is 13.4. The van der Waals surface area contributed by atoms with Crippen molar-refractivity contribution in [2.75, 3.05) is 13.7 Å². The molecule has 1 aromatic carbocycles. The first kappa shape index (κ1) is 26.0. The Morgan fingerprint density at radius 3 is 2.58 bits per heavy atom. The molecule has 40 heavy (non-hydrogen) atoms. The van der Waals surface area contributed by atoms with Gasteiger partial charge < -0.3 is 20.1 Å². The lowest BCUT2D eigenvalue weighted by Gasteiger charge is -2.30. The average molecular weight is 553 g/mol. The van der Waals surface area contributed by atoms with Crippen LogP contribution in [0, 0.1) is 0 Å². The molecule has 1 aliphatic heterocycles. The molecule has 6 rings (SSSR count). The summed E-state index contributed by atoms with van der Waals surface area (Å²) in [4.78, 5) is 19.6. The van der Waals surface area contributed by atoms with Crippen LogP contribution in [0.15, 0.2) is 54.9 Å². The van der Waals surface area contributed by atoms with Crippen LogP contribution >= 0.6 is 0 Å². The Bertz CT molecular complexity index is 1570. The van der Waals surface area contributed by atoms with Crippen molar-refractivity contribution in [2.45, 2.75) is 50.6 Å². The van der Waals surface area contributed by atoms with Gasteiger partial charge in [0.25, 0.3) is 0 Å². The Hall–Kier alpha value is -4.26. The molecular weight excluding hydrogens is 525 g/mol. The number of aliphatic hydroxyl groups is 1. The number of hydrogen-bond donors (Lipinski definition) is 2. The summed E-state index contributed by atoms with van der Waals surface area (Å²) in [5.41, 5.74) is 2.87. The molecule has 0 spiro atoms. The quantitative estimate of drug-likeness (QED) is 0.336. The maximum atomic E-state index is 13.4. The second kappa shape index (κ2) is 10.0. The molecule has 0 radical (unpaired) electrons. The zero-order valence-corrected chi connectivity index (χ0v) is 21.8. The van der Waals surface area contributed by atoms with E-state index in [9.17, 15) is 18.3 Å². The normalized spacial score (nSPS) is 18.1. The van der Waals surface area contributed by atoms with Crippen LogP contribution in [0.1, 0.15) is 48.7 Å². The summed E-state index contributed by atoms with van der Waals surface area (Å²) in [6.45, 7) is 1.78. The highest BCUT2D eigenvalue weighted by Gasteiger charge is 2.42. The van der Waals surface area contributed by atoms with Crippen LogP contribution in [-0.4, -0.2) is 65.7 Å². The zero-order valence-electron chi connectivity index (χ0n) is 21.8. The standard InChI is InChI=1S/C27H27F3N8O2/c1-15(13-39)37-12-20(27(28,29)30)35-24(37)18-5-3-16(4-6-18)11-38-25-19(10-34-38)9-31-23(36-25)21-22(17-7-8-17)32-14-33-26(21)40-2/h3-6,9-10,12,14-15,17,24,35,39H,7-8,11,13H2,1-2H3. The van der Waals surface area contributed by atoms with Gasteiger partial charge in [-0.1, -0.05) is 24.3 Å². The van der Waals surface area contributed by atoms with E-state index in [4.69, 9.17) is 9.72 Å². The highest BCUT2D eigenvalue weighted by Crippen LogP contribution is 2.45. The molecule has 0 amide bonds. The molecule has 4 aromatic rings. The summed E-state index contributed by atoms with van der Waals surface area (Å²) in [5.74, 6) is 1.22. The van der Waals surface area contributed by atoms with Crippen LogP contribution < -0.4 is 10.1 Å². The first-order valence-electron chi connectivity index (χ1n) is 12.9. The number of ether oxygens (including phenoxy) is 1. The molecule has 2 aliphatic rings. The molecule has 3 aromatic heterocycles. The zero-order chi connectivity index (χ0) is 28.0. The van der Waals surface area contributed by atoms with Crippen molar-refractivity contribution >= 4 is 11.0 Å². The van der Waals surface area contributed by atoms with Gasteiger partial charge in [-0.15, -0.1) is 0 Å². The molecule has 4 heterocycles. The molecule has 208 valence electrons. The van der Waals surface area contributed by atoms with Gasteiger partial charge in [-0.25, -0.2) is 24.6 Å². The van der Waals surface area contributed by atoms with E-state index in [0.717, 1.165) is 35.7 Å². The number of aromatic nitrogens is 6. The minimum atomic E-state index is -4.51. The summed E-state index contributed by atoms with van der Waals surface area (Å²) < 4.78 is 47.4. The largest absolute Gasteiger partial charge is 0.480 e. The summed E-state index contributed by atoms with van der Waals surface area (Å²) in [6, 6.07) is 6.74. The number of fused-ring (bicyclic) bond motifs is 1. The molecule has 0 saturated heterocycles. The van der Waals surface area contributed by atoms with Crippen LogP contribution in [0.2, 0.25) is 0 Å². The summed E-state index contributed by atoms with van der Waals surface area (Å²) in [6.07, 6.45) is 2.74. The number of alkyl halides is 3. The predicted molar refractivity (Wildman–Crippen MR) is 139 cm³/mol. The lowest BCUT2D eigenvalue weighted by atomic mass is 10.1. The van der Waals surface area contributed by atoms with Crippen LogP contribution in [0.3, 0.4) is 0 Å². The Balaban J connectivity index is 1.27. The summed E-state index contributed by atoms with van der Waals surface area (Å²) in [7, 11) is 1.56. The van der Waals surface area contributed by atoms with E-state index < -0.39 is 24.1 Å². The van der Waals surface area contributed by atoms with Gasteiger partial charge >= 0.3 is 6.18 Å². The van der Waals surface area contributed by atoms with Crippen molar-refractivity contribution in [1.82, 2.24) is 39.9 Å². The summed E-state index contributed by atoms with van der Waals surface area (Å²) >= 11 is 0. The topological polar surface area (TPSA) is 114 Å². The number of nitrogens with zero attached hydrogens (tertiary/aromatic N) is 7. The lowest BCUT2D eigenvalue weighted by molar-refractivity contribution is -0.0963. The van der Waals surface area contributed by atoms with Crippen LogP contribution in [0.5, 0.6) is 5.88 Å². The van der Waals surface area contributed by atoms with Crippen molar-refractivity contribution in [1.29, 1.82) is 0 Å². The first-order chi connectivity index (χ1) is 19.3. The SMILES string of the molecule is COc1ncnc(C2CC2)c1-c1ncc2cnn(Cc3ccc(C4NC(C(F)(F)F)=CN4C(C)CO)cc3)c2n1. The average Bonchev–Trinajstić information content (AvgIpc) is 3.58. The van der Waals surface area contributed by atoms with Gasteiger partial charge in [-0.2, -0.15) is 18.3 Å². The third-order valence-electron chi connectivity index (χ3n) is 7.17. The Labute approximate surface area is 227 Å². The van der Waals surface area contributed by atoms with E-state index >= 15 is 0 Å². The fraction of sp³-hybridized carbons (Fsp3) is 0.370. The van der Waals surface area contributed by atoms with Gasteiger partial charge in [0.15, 0.2) is 11.5 Å². The van der Waals surface area contributed by atoms with Gasteiger partial charge in [-0.05, 0) is 30.9 Å². The molecule has 2 atom stereocenters. The molecular formula is C27H27F3N8O2. The maximum Gasteiger partial charge on any atom is 0.432 e. The fourth-order valence-electron chi connectivity index (χ4n) is 4.86.